The molecule has 0 fully saturated rings. The molecule has 0 spiro atoms. The molecule has 4 nitrogen and oxygen atoms in total. The van der Waals surface area contributed by atoms with Crippen molar-refractivity contribution in [2.24, 2.45) is 0 Å². The van der Waals surface area contributed by atoms with E-state index in [-0.39, 0.29) is 11.8 Å². The van der Waals surface area contributed by atoms with Crippen LogP contribution < -0.4 is 10.1 Å². The lowest BCUT2D eigenvalue weighted by atomic mass is 10.1. The quantitative estimate of drug-likeness (QED) is 0.865. The van der Waals surface area contributed by atoms with Gasteiger partial charge in [0.25, 0.3) is 0 Å². The number of rotatable bonds is 5. The highest BCUT2D eigenvalue weighted by atomic mass is 16.5. The van der Waals surface area contributed by atoms with Gasteiger partial charge in [0.2, 0.25) is 0 Å². The maximum atomic E-state index is 9.81. The molecule has 0 aliphatic heterocycles. The van der Waals surface area contributed by atoms with Gasteiger partial charge in [-0.1, -0.05) is 6.07 Å². The number of methoxy groups -OCH3 is 1. The topological polar surface area (TPSA) is 54.4 Å². The number of nitrogens with one attached hydrogen (secondary N) is 1. The summed E-state index contributed by atoms with van der Waals surface area (Å²) in [7, 11) is 1.61. The predicted octanol–water partition coefficient (Wildman–Crippen LogP) is 2.65. The Morgan fingerprint density at radius 1 is 1.37 bits per heavy atom. The van der Waals surface area contributed by atoms with Crippen LogP contribution in [0.4, 0.5) is 0 Å². The smallest absolute Gasteiger partial charge is 0.120 e. The zero-order valence-electron chi connectivity index (χ0n) is 11.1. The Hall–Kier alpha value is -2.07. The van der Waals surface area contributed by atoms with Gasteiger partial charge in [-0.3, -0.25) is 4.98 Å². The zero-order chi connectivity index (χ0) is 13.7. The third-order valence-electron chi connectivity index (χ3n) is 3.07. The van der Waals surface area contributed by atoms with Crippen molar-refractivity contribution in [3.8, 4) is 11.5 Å². The van der Waals surface area contributed by atoms with E-state index >= 15 is 0 Å². The van der Waals surface area contributed by atoms with Gasteiger partial charge in [-0.15, -0.1) is 0 Å². The fourth-order valence-electron chi connectivity index (χ4n) is 1.84. The van der Waals surface area contributed by atoms with Crippen LogP contribution in [0.3, 0.4) is 0 Å². The summed E-state index contributed by atoms with van der Waals surface area (Å²) in [6.07, 6.45) is 3.59. The van der Waals surface area contributed by atoms with Crippen LogP contribution in [0.25, 0.3) is 0 Å². The molecule has 0 radical (unpaired) electrons. The molecule has 1 atom stereocenters. The Morgan fingerprint density at radius 2 is 2.21 bits per heavy atom. The third kappa shape index (κ3) is 3.45. The number of pyridine rings is 1. The Bertz CT molecular complexity index is 529. The SMILES string of the molecule is COc1ccc(O)c(CNC(C)c2cccnc2)c1. The van der Waals surface area contributed by atoms with Gasteiger partial charge >= 0.3 is 0 Å². The first-order valence-electron chi connectivity index (χ1n) is 6.20. The first-order valence-corrected chi connectivity index (χ1v) is 6.20. The molecule has 19 heavy (non-hydrogen) atoms. The average molecular weight is 258 g/mol. The third-order valence-corrected chi connectivity index (χ3v) is 3.07. The molecule has 0 aliphatic rings. The summed E-state index contributed by atoms with van der Waals surface area (Å²) in [5, 5.41) is 13.2. The van der Waals surface area contributed by atoms with E-state index in [2.05, 4.69) is 17.2 Å². The van der Waals surface area contributed by atoms with E-state index in [9.17, 15) is 5.11 Å². The minimum Gasteiger partial charge on any atom is -0.508 e. The highest BCUT2D eigenvalue weighted by Crippen LogP contribution is 2.23. The van der Waals surface area contributed by atoms with Crippen molar-refractivity contribution < 1.29 is 9.84 Å². The fourth-order valence-corrected chi connectivity index (χ4v) is 1.84. The summed E-state index contributed by atoms with van der Waals surface area (Å²) in [6.45, 7) is 2.63. The standard InChI is InChI=1S/C15H18N2O2/c1-11(12-4-3-7-16-9-12)17-10-13-8-14(19-2)5-6-15(13)18/h3-9,11,17-18H,10H2,1-2H3. The monoisotopic (exact) mass is 258 g/mol. The molecule has 1 unspecified atom stereocenters. The summed E-state index contributed by atoms with van der Waals surface area (Å²) >= 11 is 0. The molecule has 4 heteroatoms. The lowest BCUT2D eigenvalue weighted by molar-refractivity contribution is 0.409. The van der Waals surface area contributed by atoms with Crippen LogP contribution in [0.5, 0.6) is 11.5 Å². The number of benzene rings is 1. The highest BCUT2D eigenvalue weighted by Gasteiger charge is 2.07. The minimum absolute atomic E-state index is 0.166. The Kier molecular flexibility index (Phi) is 4.36. The van der Waals surface area contributed by atoms with Crippen LogP contribution in [0.2, 0.25) is 0 Å². The van der Waals surface area contributed by atoms with Gasteiger partial charge in [0.05, 0.1) is 7.11 Å². The van der Waals surface area contributed by atoms with Crippen LogP contribution in [0, 0.1) is 0 Å². The summed E-state index contributed by atoms with van der Waals surface area (Å²) < 4.78 is 5.15. The molecule has 2 rings (SSSR count). The maximum Gasteiger partial charge on any atom is 0.120 e. The van der Waals surface area contributed by atoms with Crippen LogP contribution in [0.15, 0.2) is 42.7 Å². The van der Waals surface area contributed by atoms with Gasteiger partial charge in [-0.2, -0.15) is 0 Å². The zero-order valence-corrected chi connectivity index (χ0v) is 11.1. The van der Waals surface area contributed by atoms with E-state index in [1.165, 1.54) is 0 Å². The summed E-state index contributed by atoms with van der Waals surface area (Å²) in [4.78, 5) is 4.10. The normalized spacial score (nSPS) is 12.1. The van der Waals surface area contributed by atoms with Crippen molar-refractivity contribution in [2.75, 3.05) is 7.11 Å². The summed E-state index contributed by atoms with van der Waals surface area (Å²) in [5.41, 5.74) is 1.93. The predicted molar refractivity (Wildman–Crippen MR) is 74.2 cm³/mol. The molecule has 2 aromatic rings. The van der Waals surface area contributed by atoms with E-state index in [1.807, 2.05) is 24.4 Å². The van der Waals surface area contributed by atoms with Crippen molar-refractivity contribution >= 4 is 0 Å². The Morgan fingerprint density at radius 3 is 2.89 bits per heavy atom. The minimum atomic E-state index is 0.166. The molecule has 0 bridgehead atoms. The summed E-state index contributed by atoms with van der Waals surface area (Å²) in [5.74, 6) is 1.01. The van der Waals surface area contributed by atoms with E-state index in [1.54, 1.807) is 25.4 Å². The number of nitrogens with zero attached hydrogens (tertiary/aromatic N) is 1. The van der Waals surface area contributed by atoms with Crippen molar-refractivity contribution in [3.63, 3.8) is 0 Å². The molecule has 0 amide bonds. The second-order valence-corrected chi connectivity index (χ2v) is 4.38. The van der Waals surface area contributed by atoms with E-state index in [0.717, 1.165) is 16.9 Å². The van der Waals surface area contributed by atoms with Gasteiger partial charge < -0.3 is 15.2 Å². The number of phenols is 1. The number of ether oxygens (including phenoxy) is 1. The number of aromatic hydroxyl groups is 1. The number of hydrogen-bond acceptors (Lipinski definition) is 4. The Balaban J connectivity index is 2.02. The van der Waals surface area contributed by atoms with Gasteiger partial charge in [-0.05, 0) is 36.8 Å². The maximum absolute atomic E-state index is 9.81. The van der Waals surface area contributed by atoms with Crippen LogP contribution in [-0.2, 0) is 6.54 Å². The largest absolute Gasteiger partial charge is 0.508 e. The first-order chi connectivity index (χ1) is 9.20. The van der Waals surface area contributed by atoms with E-state index in [4.69, 9.17) is 4.74 Å². The molecule has 0 aliphatic carbocycles. The molecule has 1 aromatic heterocycles. The van der Waals surface area contributed by atoms with Crippen molar-refractivity contribution in [1.29, 1.82) is 0 Å². The van der Waals surface area contributed by atoms with E-state index in [0.29, 0.717) is 6.54 Å². The molecular weight excluding hydrogens is 240 g/mol. The van der Waals surface area contributed by atoms with Crippen LogP contribution in [-0.4, -0.2) is 17.2 Å². The van der Waals surface area contributed by atoms with Gasteiger partial charge in [0.1, 0.15) is 11.5 Å². The first kappa shape index (κ1) is 13.4. The van der Waals surface area contributed by atoms with Gasteiger partial charge in [0.15, 0.2) is 0 Å². The highest BCUT2D eigenvalue weighted by molar-refractivity contribution is 5.39. The number of phenolic OH excluding ortho intramolecular Hbond substituents is 1. The molecular formula is C15H18N2O2. The lowest BCUT2D eigenvalue weighted by Crippen LogP contribution is -2.18. The van der Waals surface area contributed by atoms with Crippen LogP contribution >= 0.6 is 0 Å². The molecule has 1 heterocycles. The number of aromatic nitrogens is 1. The Labute approximate surface area is 113 Å². The van der Waals surface area contributed by atoms with Crippen molar-refractivity contribution in [1.82, 2.24) is 10.3 Å². The fraction of sp³-hybridized carbons (Fsp3) is 0.267. The van der Waals surface area contributed by atoms with Gasteiger partial charge in [-0.25, -0.2) is 0 Å². The molecule has 2 N–H and O–H groups in total. The summed E-state index contributed by atoms with van der Waals surface area (Å²) in [6, 6.07) is 9.32. The molecule has 0 saturated carbocycles. The number of hydrogen-bond donors (Lipinski definition) is 2. The van der Waals surface area contributed by atoms with Gasteiger partial charge in [0, 0.05) is 30.5 Å². The van der Waals surface area contributed by atoms with Crippen molar-refractivity contribution in [3.05, 3.63) is 53.9 Å². The average Bonchev–Trinajstić information content (AvgIpc) is 2.47. The van der Waals surface area contributed by atoms with E-state index < -0.39 is 0 Å². The van der Waals surface area contributed by atoms with Crippen molar-refractivity contribution in [2.45, 2.75) is 19.5 Å². The molecule has 1 aromatic carbocycles. The molecule has 100 valence electrons. The lowest BCUT2D eigenvalue weighted by Gasteiger charge is -2.15. The molecule has 0 saturated heterocycles. The van der Waals surface area contributed by atoms with Crippen LogP contribution in [0.1, 0.15) is 24.1 Å². The second-order valence-electron chi connectivity index (χ2n) is 4.38. The second kappa shape index (κ2) is 6.20.